The molecule has 0 aliphatic heterocycles. The summed E-state index contributed by atoms with van der Waals surface area (Å²) < 4.78 is 0. The number of hydrogen-bond acceptors (Lipinski definition) is 3. The fourth-order valence-electron chi connectivity index (χ4n) is 3.14. The number of benzene rings is 2. The number of carbonyl (C=O) groups is 3. The zero-order valence-electron chi connectivity index (χ0n) is 14.0. The molecule has 0 atom stereocenters. The molecule has 2 aromatic rings. The summed E-state index contributed by atoms with van der Waals surface area (Å²) in [6, 6.07) is 17.6. The minimum Gasteiger partial charge on any atom is -0.295 e. The van der Waals surface area contributed by atoms with Crippen LogP contribution < -0.4 is 0 Å². The third kappa shape index (κ3) is 4.00. The third-order valence-electron chi connectivity index (χ3n) is 4.53. The van der Waals surface area contributed by atoms with Gasteiger partial charge >= 0.3 is 0 Å². The Morgan fingerprint density at radius 3 is 1.84 bits per heavy atom. The van der Waals surface area contributed by atoms with E-state index in [0.717, 1.165) is 12.8 Å². The van der Waals surface area contributed by atoms with E-state index in [-0.39, 0.29) is 23.8 Å². The lowest BCUT2D eigenvalue weighted by Crippen LogP contribution is -2.27. The van der Waals surface area contributed by atoms with E-state index in [0.29, 0.717) is 23.1 Å². The van der Waals surface area contributed by atoms with E-state index in [4.69, 9.17) is 0 Å². The van der Waals surface area contributed by atoms with Crippen LogP contribution in [0.5, 0.6) is 0 Å². The summed E-state index contributed by atoms with van der Waals surface area (Å²) in [7, 11) is 0. The first-order valence-electron chi connectivity index (χ1n) is 8.57. The van der Waals surface area contributed by atoms with Gasteiger partial charge in [0.2, 0.25) is 0 Å². The van der Waals surface area contributed by atoms with Gasteiger partial charge in [-0.1, -0.05) is 66.7 Å². The van der Waals surface area contributed by atoms with Gasteiger partial charge in [0.25, 0.3) is 0 Å². The molecule has 0 heterocycles. The Labute approximate surface area is 147 Å². The van der Waals surface area contributed by atoms with Crippen LogP contribution >= 0.6 is 0 Å². The molecule has 0 spiro atoms. The van der Waals surface area contributed by atoms with Crippen LogP contribution in [-0.2, 0) is 4.79 Å². The van der Waals surface area contributed by atoms with Crippen molar-refractivity contribution in [2.24, 2.45) is 5.92 Å². The molecule has 0 unspecified atom stereocenters. The molecule has 0 amide bonds. The standard InChI is InChI=1S/C22H20O3/c23-20-14-8-7-13-18(20)15-19(21(24)16-9-3-1-4-10-16)22(25)17-11-5-2-6-12-17/h1-6,9-13,19H,7-8,14-15H2. The quantitative estimate of drug-likeness (QED) is 0.580. The molecule has 25 heavy (non-hydrogen) atoms. The minimum atomic E-state index is -0.863. The van der Waals surface area contributed by atoms with Crippen molar-refractivity contribution >= 4 is 17.3 Å². The second-order valence-corrected chi connectivity index (χ2v) is 6.26. The Morgan fingerprint density at radius 2 is 1.36 bits per heavy atom. The molecule has 3 rings (SSSR count). The van der Waals surface area contributed by atoms with Crippen molar-refractivity contribution in [3.8, 4) is 0 Å². The maximum Gasteiger partial charge on any atom is 0.174 e. The molecule has 3 nitrogen and oxygen atoms in total. The molecule has 0 saturated heterocycles. The van der Waals surface area contributed by atoms with Crippen molar-refractivity contribution in [2.45, 2.75) is 25.7 Å². The van der Waals surface area contributed by atoms with Crippen molar-refractivity contribution in [3.05, 3.63) is 83.4 Å². The Hall–Kier alpha value is -2.81. The van der Waals surface area contributed by atoms with Crippen LogP contribution in [0.1, 0.15) is 46.4 Å². The van der Waals surface area contributed by atoms with Crippen molar-refractivity contribution in [2.75, 3.05) is 0 Å². The summed E-state index contributed by atoms with van der Waals surface area (Å²) in [5.74, 6) is -1.27. The summed E-state index contributed by atoms with van der Waals surface area (Å²) in [4.78, 5) is 38.1. The summed E-state index contributed by atoms with van der Waals surface area (Å²) in [6.07, 6.45) is 4.23. The molecule has 1 aliphatic rings. The summed E-state index contributed by atoms with van der Waals surface area (Å²) in [5.41, 5.74) is 1.62. The largest absolute Gasteiger partial charge is 0.295 e. The Bertz CT molecular complexity index is 752. The molecular weight excluding hydrogens is 312 g/mol. The van der Waals surface area contributed by atoms with Gasteiger partial charge in [-0.2, -0.15) is 0 Å². The van der Waals surface area contributed by atoms with Crippen molar-refractivity contribution in [3.63, 3.8) is 0 Å². The molecule has 0 bridgehead atoms. The van der Waals surface area contributed by atoms with E-state index in [9.17, 15) is 14.4 Å². The first-order valence-corrected chi connectivity index (χ1v) is 8.57. The monoisotopic (exact) mass is 332 g/mol. The summed E-state index contributed by atoms with van der Waals surface area (Å²) >= 11 is 0. The Balaban J connectivity index is 1.93. The number of allylic oxidation sites excluding steroid dienone is 2. The van der Waals surface area contributed by atoms with Crippen molar-refractivity contribution in [1.29, 1.82) is 0 Å². The number of Topliss-reactive ketones (excluding diaryl/α,β-unsaturated/α-hetero) is 3. The van der Waals surface area contributed by atoms with Gasteiger partial charge in [0.1, 0.15) is 0 Å². The lowest BCUT2D eigenvalue weighted by atomic mass is 9.82. The average molecular weight is 332 g/mol. The normalized spacial score (nSPS) is 14.3. The zero-order valence-corrected chi connectivity index (χ0v) is 14.0. The van der Waals surface area contributed by atoms with E-state index < -0.39 is 5.92 Å². The molecule has 0 aromatic heterocycles. The second-order valence-electron chi connectivity index (χ2n) is 6.26. The van der Waals surface area contributed by atoms with E-state index in [1.54, 1.807) is 48.5 Å². The highest BCUT2D eigenvalue weighted by Gasteiger charge is 2.31. The van der Waals surface area contributed by atoms with Gasteiger partial charge in [0.05, 0.1) is 5.92 Å². The van der Waals surface area contributed by atoms with Gasteiger partial charge in [-0.25, -0.2) is 0 Å². The topological polar surface area (TPSA) is 51.2 Å². The van der Waals surface area contributed by atoms with Crippen LogP contribution in [0, 0.1) is 5.92 Å². The second kappa shape index (κ2) is 7.84. The van der Waals surface area contributed by atoms with Crippen LogP contribution in [-0.4, -0.2) is 17.3 Å². The van der Waals surface area contributed by atoms with Crippen LogP contribution in [0.25, 0.3) is 0 Å². The highest BCUT2D eigenvalue weighted by atomic mass is 16.2. The van der Waals surface area contributed by atoms with E-state index >= 15 is 0 Å². The molecule has 1 aliphatic carbocycles. The van der Waals surface area contributed by atoms with Gasteiger partial charge in [-0.05, 0) is 24.8 Å². The number of rotatable bonds is 6. The molecular formula is C22H20O3. The highest BCUT2D eigenvalue weighted by molar-refractivity contribution is 6.16. The molecule has 2 aromatic carbocycles. The van der Waals surface area contributed by atoms with E-state index in [1.165, 1.54) is 0 Å². The van der Waals surface area contributed by atoms with Gasteiger partial charge in [0.15, 0.2) is 17.3 Å². The van der Waals surface area contributed by atoms with Crippen LogP contribution in [0.3, 0.4) is 0 Å². The highest BCUT2D eigenvalue weighted by Crippen LogP contribution is 2.26. The average Bonchev–Trinajstić information content (AvgIpc) is 2.68. The Morgan fingerprint density at radius 1 is 0.840 bits per heavy atom. The molecule has 0 saturated carbocycles. The van der Waals surface area contributed by atoms with Crippen LogP contribution in [0.4, 0.5) is 0 Å². The fraction of sp³-hybridized carbons (Fsp3) is 0.227. The predicted octanol–water partition coefficient (Wildman–Crippen LogP) is 4.44. The smallest absolute Gasteiger partial charge is 0.174 e. The minimum absolute atomic E-state index is 0.0537. The fourth-order valence-corrected chi connectivity index (χ4v) is 3.14. The lowest BCUT2D eigenvalue weighted by Gasteiger charge is -2.18. The maximum atomic E-state index is 13.0. The predicted molar refractivity (Wildman–Crippen MR) is 96.6 cm³/mol. The first kappa shape index (κ1) is 17.0. The third-order valence-corrected chi connectivity index (χ3v) is 4.53. The molecule has 0 N–H and O–H groups in total. The summed E-state index contributed by atoms with van der Waals surface area (Å²) in [5, 5.41) is 0. The maximum absolute atomic E-state index is 13.0. The number of ketones is 3. The zero-order chi connectivity index (χ0) is 17.6. The SMILES string of the molecule is O=C1CCCC=C1CC(C(=O)c1ccccc1)C(=O)c1ccccc1. The molecule has 0 radical (unpaired) electrons. The number of carbonyl (C=O) groups excluding carboxylic acids is 3. The molecule has 3 heteroatoms. The van der Waals surface area contributed by atoms with Crippen molar-refractivity contribution in [1.82, 2.24) is 0 Å². The van der Waals surface area contributed by atoms with Crippen molar-refractivity contribution < 1.29 is 14.4 Å². The van der Waals surface area contributed by atoms with Gasteiger partial charge in [0, 0.05) is 17.5 Å². The summed E-state index contributed by atoms with van der Waals surface area (Å²) in [6.45, 7) is 0. The van der Waals surface area contributed by atoms with Gasteiger partial charge < -0.3 is 0 Å². The van der Waals surface area contributed by atoms with Crippen LogP contribution in [0.15, 0.2) is 72.3 Å². The first-order chi connectivity index (χ1) is 12.2. The van der Waals surface area contributed by atoms with E-state index in [2.05, 4.69) is 0 Å². The van der Waals surface area contributed by atoms with Gasteiger partial charge in [-0.3, -0.25) is 14.4 Å². The van der Waals surface area contributed by atoms with Crippen LogP contribution in [0.2, 0.25) is 0 Å². The van der Waals surface area contributed by atoms with Gasteiger partial charge in [-0.15, -0.1) is 0 Å². The van der Waals surface area contributed by atoms with E-state index in [1.807, 2.05) is 18.2 Å². The number of hydrogen-bond donors (Lipinski definition) is 0. The molecule has 126 valence electrons. The Kier molecular flexibility index (Phi) is 5.34. The molecule has 0 fully saturated rings. The lowest BCUT2D eigenvalue weighted by molar-refractivity contribution is -0.116.